The van der Waals surface area contributed by atoms with Crippen LogP contribution in [0.5, 0.6) is 0 Å². The van der Waals surface area contributed by atoms with E-state index in [2.05, 4.69) is 38.9 Å². The first-order valence-electron chi connectivity index (χ1n) is 9.51. The minimum Gasteiger partial charge on any atom is -0.404 e. The highest BCUT2D eigenvalue weighted by atomic mass is 15.3. The highest BCUT2D eigenvalue weighted by Gasteiger charge is 2.25. The first kappa shape index (κ1) is 20.5. The number of likely N-dealkylation sites (N-methyl/N-ethyl adjacent to an activating group) is 1. The second kappa shape index (κ2) is 8.83. The summed E-state index contributed by atoms with van der Waals surface area (Å²) in [5.74, 6) is 0.833. The van der Waals surface area contributed by atoms with E-state index in [1.807, 2.05) is 18.2 Å². The number of hydrogen-bond donors (Lipinski definition) is 3. The van der Waals surface area contributed by atoms with Crippen molar-refractivity contribution in [2.45, 2.75) is 12.5 Å². The van der Waals surface area contributed by atoms with Crippen LogP contribution >= 0.6 is 0 Å². The number of aromatic nitrogens is 2. The van der Waals surface area contributed by atoms with Crippen molar-refractivity contribution >= 4 is 29.0 Å². The van der Waals surface area contributed by atoms with Gasteiger partial charge in [0.05, 0.1) is 11.4 Å². The second-order valence-electron chi connectivity index (χ2n) is 7.30. The molecule has 1 aliphatic heterocycles. The fourth-order valence-electron chi connectivity index (χ4n) is 3.47. The Morgan fingerprint density at radius 2 is 2.10 bits per heavy atom. The van der Waals surface area contributed by atoms with Gasteiger partial charge < -0.3 is 21.3 Å². The third kappa shape index (κ3) is 4.43. The Hall–Kier alpha value is -3.26. The number of nitrogens with two attached hydrogens (primary N) is 2. The van der Waals surface area contributed by atoms with E-state index in [0.29, 0.717) is 23.0 Å². The van der Waals surface area contributed by atoms with Crippen molar-refractivity contribution in [1.82, 2.24) is 14.9 Å². The van der Waals surface area contributed by atoms with Crippen LogP contribution in [0, 0.1) is 5.41 Å². The van der Waals surface area contributed by atoms with Gasteiger partial charge in [0.2, 0.25) is 0 Å². The molecular formula is C21H28N8. The molecule has 152 valence electrons. The first-order valence-corrected chi connectivity index (χ1v) is 9.51. The number of hydrogen-bond acceptors (Lipinski definition) is 8. The molecule has 0 saturated carbocycles. The van der Waals surface area contributed by atoms with E-state index >= 15 is 0 Å². The average molecular weight is 393 g/mol. The van der Waals surface area contributed by atoms with Gasteiger partial charge in [-0.1, -0.05) is 6.07 Å². The molecular weight excluding hydrogens is 364 g/mol. The molecule has 0 bridgehead atoms. The zero-order valence-corrected chi connectivity index (χ0v) is 17.1. The number of benzene rings is 1. The Morgan fingerprint density at radius 3 is 2.76 bits per heavy atom. The Balaban J connectivity index is 1.90. The van der Waals surface area contributed by atoms with Crippen molar-refractivity contribution in [2.75, 3.05) is 44.9 Å². The maximum atomic E-state index is 8.70. The maximum absolute atomic E-state index is 8.70. The standard InChI is InChI=1S/C21H28N8/c1-25-11-15(10-22)14-4-5-18(23)17(8-14)21(24)19-9-20(27-13-26-19)29-7-6-16(12-29)28(2)3/h4-5,8-11,13,16,24H,6-7,12,22-23H2,1-3H3. The molecule has 2 heterocycles. The summed E-state index contributed by atoms with van der Waals surface area (Å²) in [5.41, 5.74) is 15.4. The summed E-state index contributed by atoms with van der Waals surface area (Å²) >= 11 is 0. The number of allylic oxidation sites excluding steroid dienone is 1. The van der Waals surface area contributed by atoms with Gasteiger partial charge in [-0.25, -0.2) is 9.97 Å². The topological polar surface area (TPSA) is 121 Å². The fraction of sp³-hybridized carbons (Fsp3) is 0.333. The molecule has 1 aromatic carbocycles. The second-order valence-corrected chi connectivity index (χ2v) is 7.30. The summed E-state index contributed by atoms with van der Waals surface area (Å²) in [6.07, 6.45) is 5.77. The van der Waals surface area contributed by atoms with Gasteiger partial charge in [0.15, 0.2) is 0 Å². The third-order valence-corrected chi connectivity index (χ3v) is 5.23. The SMILES string of the molecule is CN=CC(=CN)c1ccc(N)c(C(=N)c2cc(N3CCC(N(C)C)C3)ncn2)c1. The highest BCUT2D eigenvalue weighted by molar-refractivity contribution is 6.15. The number of nitrogen functional groups attached to an aromatic ring is 1. The molecule has 1 aromatic heterocycles. The van der Waals surface area contributed by atoms with E-state index in [-0.39, 0.29) is 5.71 Å². The Bertz CT molecular complexity index is 947. The zero-order valence-electron chi connectivity index (χ0n) is 17.1. The van der Waals surface area contributed by atoms with Gasteiger partial charge in [-0.2, -0.15) is 0 Å². The normalized spacial score (nSPS) is 17.4. The predicted molar refractivity (Wildman–Crippen MR) is 120 cm³/mol. The van der Waals surface area contributed by atoms with Crippen LogP contribution in [0.2, 0.25) is 0 Å². The van der Waals surface area contributed by atoms with E-state index in [9.17, 15) is 0 Å². The first-order chi connectivity index (χ1) is 13.9. The van der Waals surface area contributed by atoms with E-state index < -0.39 is 0 Å². The molecule has 0 spiro atoms. The molecule has 1 unspecified atom stereocenters. The number of nitrogens with zero attached hydrogens (tertiary/aromatic N) is 5. The molecule has 8 heteroatoms. The number of anilines is 2. The highest BCUT2D eigenvalue weighted by Crippen LogP contribution is 2.24. The molecule has 0 amide bonds. The average Bonchev–Trinajstić information content (AvgIpc) is 3.23. The Kier molecular flexibility index (Phi) is 6.23. The summed E-state index contributed by atoms with van der Waals surface area (Å²) in [6, 6.07) is 7.85. The molecule has 0 radical (unpaired) electrons. The monoisotopic (exact) mass is 392 g/mol. The smallest absolute Gasteiger partial charge is 0.132 e. The van der Waals surface area contributed by atoms with E-state index in [0.717, 1.165) is 36.5 Å². The summed E-state index contributed by atoms with van der Waals surface area (Å²) < 4.78 is 0. The minimum absolute atomic E-state index is 0.251. The van der Waals surface area contributed by atoms with Gasteiger partial charge in [-0.3, -0.25) is 10.4 Å². The molecule has 1 saturated heterocycles. The number of aliphatic imine (C=N–C) groups is 1. The van der Waals surface area contributed by atoms with Gasteiger partial charge in [-0.05, 0) is 38.2 Å². The van der Waals surface area contributed by atoms with Crippen molar-refractivity contribution in [3.63, 3.8) is 0 Å². The largest absolute Gasteiger partial charge is 0.404 e. The molecule has 8 nitrogen and oxygen atoms in total. The quantitative estimate of drug-likeness (QED) is 0.507. The third-order valence-electron chi connectivity index (χ3n) is 5.23. The predicted octanol–water partition coefficient (Wildman–Crippen LogP) is 1.62. The van der Waals surface area contributed by atoms with Crippen molar-refractivity contribution in [2.24, 2.45) is 10.7 Å². The van der Waals surface area contributed by atoms with Gasteiger partial charge in [0.1, 0.15) is 12.1 Å². The van der Waals surface area contributed by atoms with Crippen LogP contribution in [0.25, 0.3) is 5.57 Å². The van der Waals surface area contributed by atoms with Gasteiger partial charge in [0, 0.05) is 61.5 Å². The molecule has 5 N–H and O–H groups in total. The summed E-state index contributed by atoms with van der Waals surface area (Å²) in [6.45, 7) is 1.85. The summed E-state index contributed by atoms with van der Waals surface area (Å²) in [5, 5.41) is 8.70. The lowest BCUT2D eigenvalue weighted by molar-refractivity contribution is 0.315. The fourth-order valence-corrected chi connectivity index (χ4v) is 3.47. The van der Waals surface area contributed by atoms with Gasteiger partial charge in [-0.15, -0.1) is 0 Å². The van der Waals surface area contributed by atoms with Crippen molar-refractivity contribution in [3.05, 3.63) is 53.6 Å². The number of rotatable bonds is 6. The molecule has 1 fully saturated rings. The van der Waals surface area contributed by atoms with Gasteiger partial charge >= 0.3 is 0 Å². The zero-order chi connectivity index (χ0) is 21.0. The number of nitrogens with one attached hydrogen (secondary N) is 1. The van der Waals surface area contributed by atoms with E-state index in [4.69, 9.17) is 16.9 Å². The van der Waals surface area contributed by atoms with Crippen LogP contribution in [0.1, 0.15) is 23.2 Å². The molecule has 3 rings (SSSR count). The van der Waals surface area contributed by atoms with Crippen LogP contribution in [-0.4, -0.2) is 67.1 Å². The maximum Gasteiger partial charge on any atom is 0.132 e. The molecule has 1 aliphatic rings. The lowest BCUT2D eigenvalue weighted by Crippen LogP contribution is -2.31. The summed E-state index contributed by atoms with van der Waals surface area (Å²) in [4.78, 5) is 17.2. The molecule has 2 aromatic rings. The lowest BCUT2D eigenvalue weighted by Gasteiger charge is -2.21. The van der Waals surface area contributed by atoms with Crippen molar-refractivity contribution in [1.29, 1.82) is 5.41 Å². The Morgan fingerprint density at radius 1 is 1.31 bits per heavy atom. The Labute approximate surface area is 171 Å². The molecule has 29 heavy (non-hydrogen) atoms. The van der Waals surface area contributed by atoms with Crippen LogP contribution in [-0.2, 0) is 0 Å². The van der Waals surface area contributed by atoms with Crippen LogP contribution in [0.4, 0.5) is 11.5 Å². The van der Waals surface area contributed by atoms with Crippen molar-refractivity contribution < 1.29 is 0 Å². The van der Waals surface area contributed by atoms with Crippen LogP contribution in [0.15, 0.2) is 41.8 Å². The van der Waals surface area contributed by atoms with Gasteiger partial charge in [0.25, 0.3) is 0 Å². The van der Waals surface area contributed by atoms with Crippen molar-refractivity contribution in [3.8, 4) is 0 Å². The van der Waals surface area contributed by atoms with Crippen LogP contribution < -0.4 is 16.4 Å². The van der Waals surface area contributed by atoms with Crippen LogP contribution in [0.3, 0.4) is 0 Å². The minimum atomic E-state index is 0.251. The summed E-state index contributed by atoms with van der Waals surface area (Å²) in [7, 11) is 5.88. The van der Waals surface area contributed by atoms with E-state index in [1.54, 1.807) is 19.3 Å². The lowest BCUT2D eigenvalue weighted by atomic mass is 9.98. The van der Waals surface area contributed by atoms with E-state index in [1.165, 1.54) is 12.5 Å². The molecule has 1 atom stereocenters. The molecule has 0 aliphatic carbocycles.